The van der Waals surface area contributed by atoms with E-state index in [0.29, 0.717) is 5.69 Å². The number of anilines is 1. The standard InChI is InChI=1S/C20H20F2N4O/c1-3-18-24-11-12-26(18)14(2)15-6-8-17(9-7-15)25-19(27)20(21,22)16-5-4-10-23-13-16/h4-14H,3H2,1-2H3,(H,25,27)/t14-/m1/s1. The number of carbonyl (C=O) groups excluding carboxylic acids is 1. The Kier molecular flexibility index (Phi) is 5.30. The molecule has 0 spiro atoms. The normalized spacial score (nSPS) is 12.6. The van der Waals surface area contributed by atoms with Crippen LogP contribution in [0.2, 0.25) is 0 Å². The fourth-order valence-corrected chi connectivity index (χ4v) is 2.87. The van der Waals surface area contributed by atoms with Gasteiger partial charge in [-0.15, -0.1) is 0 Å². The lowest BCUT2D eigenvalue weighted by Crippen LogP contribution is -2.32. The maximum atomic E-state index is 14.2. The van der Waals surface area contributed by atoms with Crippen molar-refractivity contribution < 1.29 is 13.6 Å². The number of rotatable bonds is 6. The molecule has 0 fully saturated rings. The topological polar surface area (TPSA) is 59.8 Å². The second-order valence-corrected chi connectivity index (χ2v) is 6.17. The van der Waals surface area contributed by atoms with Gasteiger partial charge in [0.2, 0.25) is 0 Å². The highest BCUT2D eigenvalue weighted by molar-refractivity contribution is 5.96. The molecule has 140 valence electrons. The van der Waals surface area contributed by atoms with Gasteiger partial charge in [0.25, 0.3) is 5.91 Å². The van der Waals surface area contributed by atoms with Crippen LogP contribution in [-0.4, -0.2) is 20.4 Å². The van der Waals surface area contributed by atoms with Crippen molar-refractivity contribution in [3.63, 3.8) is 0 Å². The monoisotopic (exact) mass is 370 g/mol. The molecule has 27 heavy (non-hydrogen) atoms. The Balaban J connectivity index is 1.73. The van der Waals surface area contributed by atoms with Gasteiger partial charge in [-0.25, -0.2) is 4.98 Å². The predicted molar refractivity (Wildman–Crippen MR) is 98.6 cm³/mol. The van der Waals surface area contributed by atoms with Gasteiger partial charge in [0.1, 0.15) is 5.82 Å². The molecule has 0 aliphatic carbocycles. The Hall–Kier alpha value is -3.09. The molecule has 5 nitrogen and oxygen atoms in total. The van der Waals surface area contributed by atoms with Crippen LogP contribution < -0.4 is 5.32 Å². The molecule has 2 aromatic heterocycles. The van der Waals surface area contributed by atoms with Crippen molar-refractivity contribution in [2.75, 3.05) is 5.32 Å². The Labute approximate surface area is 156 Å². The summed E-state index contributed by atoms with van der Waals surface area (Å²) < 4.78 is 30.6. The summed E-state index contributed by atoms with van der Waals surface area (Å²) in [5, 5.41) is 2.27. The van der Waals surface area contributed by atoms with Gasteiger partial charge in [-0.3, -0.25) is 9.78 Å². The molecule has 3 aromatic rings. The maximum absolute atomic E-state index is 14.2. The van der Waals surface area contributed by atoms with Gasteiger partial charge < -0.3 is 9.88 Å². The van der Waals surface area contributed by atoms with Gasteiger partial charge in [-0.05, 0) is 36.8 Å². The van der Waals surface area contributed by atoms with E-state index in [1.54, 1.807) is 18.3 Å². The molecule has 1 atom stereocenters. The molecule has 0 saturated heterocycles. The molecule has 3 rings (SSSR count). The number of nitrogens with zero attached hydrogens (tertiary/aromatic N) is 3. The second-order valence-electron chi connectivity index (χ2n) is 6.17. The largest absolute Gasteiger partial charge is 0.351 e. The molecular weight excluding hydrogens is 350 g/mol. The van der Waals surface area contributed by atoms with E-state index in [4.69, 9.17) is 0 Å². The number of hydrogen-bond acceptors (Lipinski definition) is 3. The first kappa shape index (κ1) is 18.7. The van der Waals surface area contributed by atoms with Crippen LogP contribution in [-0.2, 0) is 17.1 Å². The lowest BCUT2D eigenvalue weighted by atomic mass is 10.1. The number of amides is 1. The third kappa shape index (κ3) is 3.86. The number of aromatic nitrogens is 3. The van der Waals surface area contributed by atoms with Crippen LogP contribution in [0.25, 0.3) is 0 Å². The summed E-state index contributed by atoms with van der Waals surface area (Å²) in [6.45, 7) is 4.07. The van der Waals surface area contributed by atoms with Crippen LogP contribution in [0.15, 0.2) is 61.2 Å². The highest BCUT2D eigenvalue weighted by atomic mass is 19.3. The second kappa shape index (κ2) is 7.65. The maximum Gasteiger partial charge on any atom is 0.351 e. The van der Waals surface area contributed by atoms with Crippen LogP contribution in [0.5, 0.6) is 0 Å². The Morgan fingerprint density at radius 2 is 1.96 bits per heavy atom. The van der Waals surface area contributed by atoms with Gasteiger partial charge in [0.15, 0.2) is 0 Å². The number of imidazole rings is 1. The summed E-state index contributed by atoms with van der Waals surface area (Å²) in [6, 6.07) is 9.44. The van der Waals surface area contributed by atoms with Crippen molar-refractivity contribution in [1.29, 1.82) is 0 Å². The van der Waals surface area contributed by atoms with Crippen molar-refractivity contribution in [2.24, 2.45) is 0 Å². The minimum absolute atomic E-state index is 0.0454. The highest BCUT2D eigenvalue weighted by Gasteiger charge is 2.41. The molecule has 1 aromatic carbocycles. The quantitative estimate of drug-likeness (QED) is 0.708. The van der Waals surface area contributed by atoms with Crippen molar-refractivity contribution in [3.05, 3.63) is 78.1 Å². The van der Waals surface area contributed by atoms with E-state index >= 15 is 0 Å². The molecule has 1 amide bonds. The molecule has 0 aliphatic heterocycles. The van der Waals surface area contributed by atoms with Gasteiger partial charge in [-0.1, -0.05) is 19.1 Å². The molecule has 0 aliphatic rings. The lowest BCUT2D eigenvalue weighted by molar-refractivity contribution is -0.141. The average Bonchev–Trinajstić information content (AvgIpc) is 3.17. The summed E-state index contributed by atoms with van der Waals surface area (Å²) in [5.74, 6) is -4.08. The number of halogens is 2. The number of aryl methyl sites for hydroxylation is 1. The minimum Gasteiger partial charge on any atom is -0.328 e. The highest BCUT2D eigenvalue weighted by Crippen LogP contribution is 2.29. The van der Waals surface area contributed by atoms with Crippen molar-refractivity contribution >= 4 is 11.6 Å². The first-order valence-corrected chi connectivity index (χ1v) is 8.65. The van der Waals surface area contributed by atoms with Gasteiger partial charge in [0, 0.05) is 42.5 Å². The summed E-state index contributed by atoms with van der Waals surface area (Å²) in [6.07, 6.45) is 6.84. The Morgan fingerprint density at radius 1 is 1.22 bits per heavy atom. The first-order chi connectivity index (χ1) is 12.9. The molecule has 0 unspecified atom stereocenters. The van der Waals surface area contributed by atoms with E-state index < -0.39 is 17.4 Å². The number of alkyl halides is 2. The van der Waals surface area contributed by atoms with E-state index in [1.165, 1.54) is 18.3 Å². The third-order valence-electron chi connectivity index (χ3n) is 4.44. The van der Waals surface area contributed by atoms with Gasteiger partial charge in [-0.2, -0.15) is 8.78 Å². The lowest BCUT2D eigenvalue weighted by Gasteiger charge is -2.18. The zero-order chi connectivity index (χ0) is 19.4. The average molecular weight is 370 g/mol. The third-order valence-corrected chi connectivity index (χ3v) is 4.44. The Bertz CT molecular complexity index is 907. The van der Waals surface area contributed by atoms with Crippen LogP contribution in [0.1, 0.15) is 36.8 Å². The van der Waals surface area contributed by atoms with E-state index in [9.17, 15) is 13.6 Å². The van der Waals surface area contributed by atoms with E-state index in [-0.39, 0.29) is 6.04 Å². The summed E-state index contributed by atoms with van der Waals surface area (Å²) in [5.41, 5.74) is 0.848. The zero-order valence-corrected chi connectivity index (χ0v) is 15.1. The first-order valence-electron chi connectivity index (χ1n) is 8.65. The molecule has 7 heteroatoms. The van der Waals surface area contributed by atoms with Crippen molar-refractivity contribution in [1.82, 2.24) is 14.5 Å². The van der Waals surface area contributed by atoms with E-state index in [2.05, 4.69) is 19.9 Å². The SMILES string of the molecule is CCc1nccn1[C@H](C)c1ccc(NC(=O)C(F)(F)c2cccnc2)cc1. The van der Waals surface area contributed by atoms with E-state index in [1.807, 2.05) is 32.2 Å². The van der Waals surface area contributed by atoms with Crippen LogP contribution in [0.4, 0.5) is 14.5 Å². The number of nitrogens with one attached hydrogen (secondary N) is 1. The number of benzene rings is 1. The number of pyridine rings is 1. The smallest absolute Gasteiger partial charge is 0.328 e. The summed E-state index contributed by atoms with van der Waals surface area (Å²) in [7, 11) is 0. The zero-order valence-electron chi connectivity index (χ0n) is 15.1. The molecule has 0 saturated carbocycles. The van der Waals surface area contributed by atoms with Crippen molar-refractivity contribution in [2.45, 2.75) is 32.2 Å². The van der Waals surface area contributed by atoms with Crippen LogP contribution >= 0.6 is 0 Å². The van der Waals surface area contributed by atoms with Gasteiger partial charge in [0.05, 0.1) is 6.04 Å². The molecule has 0 radical (unpaired) electrons. The fraction of sp³-hybridized carbons (Fsp3) is 0.250. The van der Waals surface area contributed by atoms with Crippen LogP contribution in [0.3, 0.4) is 0 Å². The number of hydrogen-bond donors (Lipinski definition) is 1. The molecule has 2 heterocycles. The molecular formula is C20H20F2N4O. The Morgan fingerprint density at radius 3 is 2.59 bits per heavy atom. The molecule has 0 bridgehead atoms. The molecule has 1 N–H and O–H groups in total. The number of carbonyl (C=O) groups is 1. The van der Waals surface area contributed by atoms with Crippen LogP contribution in [0, 0.1) is 0 Å². The fourth-order valence-electron chi connectivity index (χ4n) is 2.87. The van der Waals surface area contributed by atoms with Crippen molar-refractivity contribution in [3.8, 4) is 0 Å². The summed E-state index contributed by atoms with van der Waals surface area (Å²) >= 11 is 0. The van der Waals surface area contributed by atoms with E-state index in [0.717, 1.165) is 24.0 Å². The van der Waals surface area contributed by atoms with Gasteiger partial charge >= 0.3 is 5.92 Å². The predicted octanol–water partition coefficient (Wildman–Crippen LogP) is 4.18. The minimum atomic E-state index is -3.66. The summed E-state index contributed by atoms with van der Waals surface area (Å²) in [4.78, 5) is 20.0.